The molecule has 264 valence electrons. The Bertz CT molecular complexity index is 1680. The van der Waals surface area contributed by atoms with Crippen LogP contribution in [0.5, 0.6) is 0 Å². The molecule has 1 saturated heterocycles. The van der Waals surface area contributed by atoms with Crippen LogP contribution in [0.25, 0.3) is 0 Å². The van der Waals surface area contributed by atoms with Gasteiger partial charge in [0.15, 0.2) is 0 Å². The van der Waals surface area contributed by atoms with Gasteiger partial charge in [0.25, 0.3) is 0 Å². The lowest BCUT2D eigenvalue weighted by molar-refractivity contribution is -0.216. The molecule has 1 heterocycles. The summed E-state index contributed by atoms with van der Waals surface area (Å²) >= 11 is 0. The summed E-state index contributed by atoms with van der Waals surface area (Å²) in [6, 6.07) is 50.9. The van der Waals surface area contributed by atoms with Crippen molar-refractivity contribution in [2.75, 3.05) is 13.2 Å². The molecule has 5 aromatic rings. The lowest BCUT2D eigenvalue weighted by atomic mass is 9.95. The van der Waals surface area contributed by atoms with E-state index in [1.54, 1.807) is 0 Å². The van der Waals surface area contributed by atoms with Gasteiger partial charge in [0.2, 0.25) is 0 Å². The number of rotatable bonds is 20. The Morgan fingerprint density at radius 2 is 0.882 bits per heavy atom. The molecule has 0 spiro atoms. The van der Waals surface area contributed by atoms with E-state index in [9.17, 15) is 0 Å². The Labute approximate surface area is 302 Å². The highest BCUT2D eigenvalue weighted by molar-refractivity contribution is 5.17. The molecule has 1 unspecified atom stereocenters. The van der Waals surface area contributed by atoms with E-state index in [0.29, 0.717) is 46.1 Å². The van der Waals surface area contributed by atoms with Gasteiger partial charge in [0, 0.05) is 0 Å². The topological polar surface area (TPSA) is 55.4 Å². The third-order valence-electron chi connectivity index (χ3n) is 8.93. The molecule has 5 atom stereocenters. The van der Waals surface area contributed by atoms with Crippen molar-refractivity contribution in [1.82, 2.24) is 0 Å². The second-order valence-corrected chi connectivity index (χ2v) is 12.9. The fraction of sp³-hybridized carbons (Fsp3) is 0.289. The SMILES string of the molecule is C=C1COC([C@H](OCc2ccccc2)[C@@H](OCc2ccccc2)[C@H](OCc2ccccc2)[C@@H](COCc2ccccc2)OCc2ccccc2)C1. The van der Waals surface area contributed by atoms with Crippen LogP contribution in [0.4, 0.5) is 0 Å². The van der Waals surface area contributed by atoms with Gasteiger partial charge in [-0.3, -0.25) is 0 Å². The van der Waals surface area contributed by atoms with Crippen LogP contribution in [0, 0.1) is 0 Å². The quantitative estimate of drug-likeness (QED) is 0.0764. The van der Waals surface area contributed by atoms with E-state index in [1.807, 2.05) is 91.0 Å². The van der Waals surface area contributed by atoms with Crippen LogP contribution in [0.2, 0.25) is 0 Å². The molecule has 0 saturated carbocycles. The predicted octanol–water partition coefficient (Wildman–Crippen LogP) is 8.89. The Morgan fingerprint density at radius 3 is 1.31 bits per heavy atom. The zero-order valence-corrected chi connectivity index (χ0v) is 29.1. The molecule has 0 aromatic heterocycles. The Hall–Kier alpha value is -4.40. The molecule has 1 fully saturated rings. The highest BCUT2D eigenvalue weighted by atomic mass is 16.6. The molecule has 0 radical (unpaired) electrons. The number of benzene rings is 5. The van der Waals surface area contributed by atoms with E-state index in [1.165, 1.54) is 0 Å². The van der Waals surface area contributed by atoms with Gasteiger partial charge in [-0.15, -0.1) is 0 Å². The van der Waals surface area contributed by atoms with Crippen LogP contribution < -0.4 is 0 Å². The van der Waals surface area contributed by atoms with Gasteiger partial charge in [-0.2, -0.15) is 0 Å². The summed E-state index contributed by atoms with van der Waals surface area (Å²) < 4.78 is 40.4. The molecule has 51 heavy (non-hydrogen) atoms. The molecule has 6 rings (SSSR count). The molecular formula is C45H48O6. The molecule has 0 N–H and O–H groups in total. The standard InChI is InChI=1S/C45H48O6/c1-35-27-41(47-28-35)43(49-31-38-21-11-4-12-22-38)45(51-33-40-25-15-6-16-26-40)44(50-32-39-23-13-5-14-24-39)42(48-30-37-19-9-3-10-20-37)34-46-29-36-17-7-2-8-18-36/h2-26,41-45H,1,27-34H2/t41?,42-,43+,44-,45-/m1/s1. The molecule has 6 nitrogen and oxygen atoms in total. The van der Waals surface area contributed by atoms with Crippen molar-refractivity contribution in [3.8, 4) is 0 Å². The van der Waals surface area contributed by atoms with Gasteiger partial charge < -0.3 is 28.4 Å². The average Bonchev–Trinajstić information content (AvgIpc) is 3.63. The van der Waals surface area contributed by atoms with E-state index in [0.717, 1.165) is 33.4 Å². The highest BCUT2D eigenvalue weighted by Crippen LogP contribution is 2.31. The van der Waals surface area contributed by atoms with Crippen molar-refractivity contribution in [3.05, 3.63) is 192 Å². The Kier molecular flexibility index (Phi) is 14.2. The minimum atomic E-state index is -0.605. The maximum Gasteiger partial charge on any atom is 0.115 e. The summed E-state index contributed by atoms with van der Waals surface area (Å²) in [4.78, 5) is 0. The summed E-state index contributed by atoms with van der Waals surface area (Å²) in [7, 11) is 0. The summed E-state index contributed by atoms with van der Waals surface area (Å²) in [5, 5.41) is 0. The van der Waals surface area contributed by atoms with Gasteiger partial charge >= 0.3 is 0 Å². The molecule has 0 amide bonds. The zero-order chi connectivity index (χ0) is 34.9. The van der Waals surface area contributed by atoms with Crippen molar-refractivity contribution in [1.29, 1.82) is 0 Å². The maximum atomic E-state index is 6.98. The second kappa shape index (κ2) is 19.8. The van der Waals surface area contributed by atoms with E-state index >= 15 is 0 Å². The highest BCUT2D eigenvalue weighted by Gasteiger charge is 2.44. The van der Waals surface area contributed by atoms with Gasteiger partial charge in [-0.1, -0.05) is 158 Å². The van der Waals surface area contributed by atoms with E-state index in [4.69, 9.17) is 28.4 Å². The molecule has 0 aliphatic carbocycles. The number of hydrogen-bond acceptors (Lipinski definition) is 6. The molecule has 0 bridgehead atoms. The first-order valence-electron chi connectivity index (χ1n) is 17.7. The summed E-state index contributed by atoms with van der Waals surface area (Å²) in [6.07, 6.45) is -1.86. The lowest BCUT2D eigenvalue weighted by Crippen LogP contribution is -2.54. The molecule has 1 aliphatic rings. The summed E-state index contributed by atoms with van der Waals surface area (Å²) in [6.45, 7) is 6.90. The van der Waals surface area contributed by atoms with E-state index in [-0.39, 0.29) is 12.7 Å². The largest absolute Gasteiger partial charge is 0.374 e. The molecule has 1 aliphatic heterocycles. The number of hydrogen-bond donors (Lipinski definition) is 0. The predicted molar refractivity (Wildman–Crippen MR) is 200 cm³/mol. The average molecular weight is 685 g/mol. The van der Waals surface area contributed by atoms with Crippen LogP contribution in [-0.4, -0.2) is 43.7 Å². The van der Waals surface area contributed by atoms with Gasteiger partial charge in [0.05, 0.1) is 52.4 Å². The minimum absolute atomic E-state index is 0.274. The smallest absolute Gasteiger partial charge is 0.115 e. The Morgan fingerprint density at radius 1 is 0.490 bits per heavy atom. The summed E-state index contributed by atoms with van der Waals surface area (Å²) in [5.74, 6) is 0. The van der Waals surface area contributed by atoms with Crippen molar-refractivity contribution in [3.63, 3.8) is 0 Å². The van der Waals surface area contributed by atoms with Gasteiger partial charge in [-0.05, 0) is 39.8 Å². The van der Waals surface area contributed by atoms with E-state index in [2.05, 4.69) is 67.2 Å². The second-order valence-electron chi connectivity index (χ2n) is 12.9. The first-order chi connectivity index (χ1) is 25.2. The first-order valence-corrected chi connectivity index (χ1v) is 17.7. The molecule has 6 heteroatoms. The van der Waals surface area contributed by atoms with Crippen LogP contribution in [-0.2, 0) is 61.5 Å². The fourth-order valence-corrected chi connectivity index (χ4v) is 6.22. The first kappa shape index (κ1) is 36.4. The van der Waals surface area contributed by atoms with Crippen molar-refractivity contribution in [2.45, 2.75) is 70.0 Å². The Balaban J connectivity index is 1.36. The van der Waals surface area contributed by atoms with Crippen molar-refractivity contribution < 1.29 is 28.4 Å². The molecular weight excluding hydrogens is 636 g/mol. The van der Waals surface area contributed by atoms with Crippen molar-refractivity contribution in [2.24, 2.45) is 0 Å². The third kappa shape index (κ3) is 11.6. The van der Waals surface area contributed by atoms with Crippen LogP contribution in [0.1, 0.15) is 34.2 Å². The number of ether oxygens (including phenoxy) is 6. The zero-order valence-electron chi connectivity index (χ0n) is 29.1. The maximum absolute atomic E-state index is 6.98. The fourth-order valence-electron chi connectivity index (χ4n) is 6.22. The normalized spacial score (nSPS) is 16.8. The van der Waals surface area contributed by atoms with Crippen LogP contribution in [0.15, 0.2) is 164 Å². The van der Waals surface area contributed by atoms with Gasteiger partial charge in [0.1, 0.15) is 24.4 Å². The third-order valence-corrected chi connectivity index (χ3v) is 8.93. The van der Waals surface area contributed by atoms with E-state index < -0.39 is 24.4 Å². The van der Waals surface area contributed by atoms with Crippen LogP contribution in [0.3, 0.4) is 0 Å². The van der Waals surface area contributed by atoms with Gasteiger partial charge in [-0.25, -0.2) is 0 Å². The van der Waals surface area contributed by atoms with Crippen LogP contribution >= 0.6 is 0 Å². The monoisotopic (exact) mass is 684 g/mol. The minimum Gasteiger partial charge on any atom is -0.374 e. The van der Waals surface area contributed by atoms with Crippen molar-refractivity contribution >= 4 is 0 Å². The molecule has 5 aromatic carbocycles. The lowest BCUT2D eigenvalue weighted by Gasteiger charge is -2.39. The summed E-state index contributed by atoms with van der Waals surface area (Å²) in [5.41, 5.74) is 6.32.